The van der Waals surface area contributed by atoms with E-state index in [1.807, 2.05) is 24.4 Å². The van der Waals surface area contributed by atoms with Crippen molar-refractivity contribution in [2.45, 2.75) is 26.2 Å². The molecule has 0 amide bonds. The third-order valence-corrected chi connectivity index (χ3v) is 5.25. The number of rotatable bonds is 4. The van der Waals surface area contributed by atoms with Crippen LogP contribution in [0.1, 0.15) is 26.3 Å². The monoisotopic (exact) mass is 388 g/mol. The highest BCUT2D eigenvalue weighted by Gasteiger charge is 2.19. The van der Waals surface area contributed by atoms with Crippen molar-refractivity contribution in [1.82, 2.24) is 15.0 Å². The zero-order chi connectivity index (χ0) is 20.3. The first-order valence-electron chi connectivity index (χ1n) is 10.1. The van der Waals surface area contributed by atoms with Crippen molar-refractivity contribution < 1.29 is 0 Å². The van der Waals surface area contributed by atoms with Gasteiger partial charge in [0.25, 0.3) is 0 Å². The lowest BCUT2D eigenvalue weighted by Crippen LogP contribution is -2.47. The first kappa shape index (κ1) is 19.2. The quantitative estimate of drug-likeness (QED) is 0.721. The minimum absolute atomic E-state index is 0.151. The summed E-state index contributed by atoms with van der Waals surface area (Å²) >= 11 is 0. The maximum Gasteiger partial charge on any atom is 0.135 e. The molecule has 0 unspecified atom stereocenters. The Labute approximate surface area is 172 Å². The zero-order valence-electron chi connectivity index (χ0n) is 17.3. The fourth-order valence-electron chi connectivity index (χ4n) is 3.50. The highest BCUT2D eigenvalue weighted by molar-refractivity contribution is 5.60. The number of nitrogens with zero attached hydrogens (tertiary/aromatic N) is 5. The topological polar surface area (TPSA) is 57.2 Å². The number of benzene rings is 1. The van der Waals surface area contributed by atoms with Crippen molar-refractivity contribution in [3.05, 3.63) is 66.6 Å². The number of hydrogen-bond donors (Lipinski definition) is 1. The van der Waals surface area contributed by atoms with E-state index in [0.717, 1.165) is 49.3 Å². The molecule has 4 rings (SSSR count). The van der Waals surface area contributed by atoms with Gasteiger partial charge >= 0.3 is 0 Å². The number of piperazine rings is 1. The van der Waals surface area contributed by atoms with Crippen LogP contribution < -0.4 is 15.1 Å². The Morgan fingerprint density at radius 1 is 0.793 bits per heavy atom. The van der Waals surface area contributed by atoms with Gasteiger partial charge in [-0.3, -0.25) is 0 Å². The van der Waals surface area contributed by atoms with Crippen LogP contribution in [-0.2, 0) is 5.41 Å². The van der Waals surface area contributed by atoms with E-state index in [-0.39, 0.29) is 5.41 Å². The van der Waals surface area contributed by atoms with Crippen LogP contribution in [0.5, 0.6) is 0 Å². The molecule has 0 aliphatic carbocycles. The van der Waals surface area contributed by atoms with Crippen LogP contribution in [0.2, 0.25) is 0 Å². The van der Waals surface area contributed by atoms with Gasteiger partial charge < -0.3 is 15.1 Å². The normalized spacial score (nSPS) is 14.7. The molecule has 150 valence electrons. The first-order chi connectivity index (χ1) is 14.0. The number of aromatic nitrogens is 3. The lowest BCUT2D eigenvalue weighted by Gasteiger charge is -2.36. The Bertz CT molecular complexity index is 926. The number of anilines is 4. The summed E-state index contributed by atoms with van der Waals surface area (Å²) in [5.74, 6) is 2.80. The molecule has 1 fully saturated rings. The molecule has 0 radical (unpaired) electrons. The van der Waals surface area contributed by atoms with Crippen LogP contribution in [0.3, 0.4) is 0 Å². The largest absolute Gasteiger partial charge is 0.353 e. The summed E-state index contributed by atoms with van der Waals surface area (Å²) in [7, 11) is 0. The molecule has 3 aromatic rings. The molecule has 1 saturated heterocycles. The summed E-state index contributed by atoms with van der Waals surface area (Å²) < 4.78 is 0. The number of pyridine rings is 1. The fraction of sp³-hybridized carbons (Fsp3) is 0.348. The molecule has 2 aromatic heterocycles. The van der Waals surface area contributed by atoms with Gasteiger partial charge in [-0.1, -0.05) is 39.0 Å². The highest BCUT2D eigenvalue weighted by atomic mass is 15.3. The molecular formula is C23H28N6. The SMILES string of the molecule is CC(C)(C)c1ccc(Nc2cc(N3CCN(c4ccccn4)CC3)ncn2)cc1. The van der Waals surface area contributed by atoms with Gasteiger partial charge in [-0.15, -0.1) is 0 Å². The molecule has 0 saturated carbocycles. The van der Waals surface area contributed by atoms with Crippen molar-refractivity contribution >= 4 is 23.1 Å². The molecule has 0 bridgehead atoms. The van der Waals surface area contributed by atoms with Gasteiger partial charge in [0.15, 0.2) is 0 Å². The van der Waals surface area contributed by atoms with Gasteiger partial charge in [-0.05, 0) is 35.2 Å². The van der Waals surface area contributed by atoms with E-state index in [2.05, 4.69) is 81.2 Å². The second-order valence-electron chi connectivity index (χ2n) is 8.38. The molecule has 1 aliphatic rings. The summed E-state index contributed by atoms with van der Waals surface area (Å²) in [5, 5.41) is 3.40. The first-order valence-corrected chi connectivity index (χ1v) is 10.1. The molecule has 29 heavy (non-hydrogen) atoms. The summed E-state index contributed by atoms with van der Waals surface area (Å²) in [6.07, 6.45) is 3.48. The van der Waals surface area contributed by atoms with E-state index in [0.29, 0.717) is 0 Å². The molecule has 1 aliphatic heterocycles. The molecule has 3 heterocycles. The maximum absolute atomic E-state index is 4.49. The molecular weight excluding hydrogens is 360 g/mol. The van der Waals surface area contributed by atoms with E-state index >= 15 is 0 Å². The molecule has 1 N–H and O–H groups in total. The second-order valence-corrected chi connectivity index (χ2v) is 8.38. The third-order valence-electron chi connectivity index (χ3n) is 5.25. The van der Waals surface area contributed by atoms with Crippen LogP contribution in [0.25, 0.3) is 0 Å². The number of nitrogens with one attached hydrogen (secondary N) is 1. The highest BCUT2D eigenvalue weighted by Crippen LogP contribution is 2.25. The van der Waals surface area contributed by atoms with Crippen LogP contribution in [-0.4, -0.2) is 41.1 Å². The van der Waals surface area contributed by atoms with Gasteiger partial charge in [0.1, 0.15) is 23.8 Å². The Balaban J connectivity index is 1.40. The Hall–Kier alpha value is -3.15. The summed E-state index contributed by atoms with van der Waals surface area (Å²) in [6, 6.07) is 16.6. The fourth-order valence-corrected chi connectivity index (χ4v) is 3.50. The van der Waals surface area contributed by atoms with E-state index in [1.165, 1.54) is 5.56 Å². The van der Waals surface area contributed by atoms with Crippen molar-refractivity contribution in [3.8, 4) is 0 Å². The molecule has 6 nitrogen and oxygen atoms in total. The molecule has 6 heteroatoms. The molecule has 0 atom stereocenters. The lowest BCUT2D eigenvalue weighted by atomic mass is 9.87. The smallest absolute Gasteiger partial charge is 0.135 e. The van der Waals surface area contributed by atoms with Gasteiger partial charge in [0, 0.05) is 44.1 Å². The van der Waals surface area contributed by atoms with E-state index in [4.69, 9.17) is 0 Å². The maximum atomic E-state index is 4.49. The van der Waals surface area contributed by atoms with Crippen LogP contribution in [0.4, 0.5) is 23.1 Å². The summed E-state index contributed by atoms with van der Waals surface area (Å²) in [4.78, 5) is 18.0. The van der Waals surface area contributed by atoms with Crippen LogP contribution in [0.15, 0.2) is 61.1 Å². The third kappa shape index (κ3) is 4.65. The molecule has 1 aromatic carbocycles. The predicted octanol–water partition coefficient (Wildman–Crippen LogP) is 4.24. The van der Waals surface area contributed by atoms with Gasteiger partial charge in [-0.2, -0.15) is 0 Å². The Kier molecular flexibility index (Phi) is 5.34. The summed E-state index contributed by atoms with van der Waals surface area (Å²) in [5.41, 5.74) is 2.50. The van der Waals surface area contributed by atoms with E-state index in [9.17, 15) is 0 Å². The van der Waals surface area contributed by atoms with Crippen molar-refractivity contribution in [2.75, 3.05) is 41.3 Å². The van der Waals surface area contributed by atoms with E-state index < -0.39 is 0 Å². The number of hydrogen-bond acceptors (Lipinski definition) is 6. The van der Waals surface area contributed by atoms with E-state index in [1.54, 1.807) is 6.33 Å². The predicted molar refractivity (Wildman–Crippen MR) is 119 cm³/mol. The van der Waals surface area contributed by atoms with Gasteiger partial charge in [0.2, 0.25) is 0 Å². The van der Waals surface area contributed by atoms with Crippen LogP contribution in [0, 0.1) is 0 Å². The van der Waals surface area contributed by atoms with Gasteiger partial charge in [-0.25, -0.2) is 15.0 Å². The standard InChI is InChI=1S/C23H28N6/c1-23(2,3)18-7-9-19(10-8-18)27-20-16-22(26-17-25-20)29-14-12-28(13-15-29)21-6-4-5-11-24-21/h4-11,16-17H,12-15H2,1-3H3,(H,25,26,27). The van der Waals surface area contributed by atoms with Crippen molar-refractivity contribution in [2.24, 2.45) is 0 Å². The second kappa shape index (κ2) is 8.07. The minimum Gasteiger partial charge on any atom is -0.353 e. The van der Waals surface area contributed by atoms with Crippen molar-refractivity contribution in [1.29, 1.82) is 0 Å². The Morgan fingerprint density at radius 2 is 1.48 bits per heavy atom. The zero-order valence-corrected chi connectivity index (χ0v) is 17.3. The Morgan fingerprint density at radius 3 is 2.10 bits per heavy atom. The molecule has 0 spiro atoms. The van der Waals surface area contributed by atoms with Crippen molar-refractivity contribution in [3.63, 3.8) is 0 Å². The average Bonchev–Trinajstić information content (AvgIpc) is 2.74. The summed E-state index contributed by atoms with van der Waals surface area (Å²) in [6.45, 7) is 10.3. The minimum atomic E-state index is 0.151. The lowest BCUT2D eigenvalue weighted by molar-refractivity contribution is 0.590. The van der Waals surface area contributed by atoms with Gasteiger partial charge in [0.05, 0.1) is 0 Å². The average molecular weight is 389 g/mol. The van der Waals surface area contributed by atoms with Crippen LogP contribution >= 0.6 is 0 Å².